The highest BCUT2D eigenvalue weighted by atomic mass is 16.4. The van der Waals surface area contributed by atoms with Crippen molar-refractivity contribution in [3.63, 3.8) is 0 Å². The number of carbonyl (C=O) groups is 2. The van der Waals surface area contributed by atoms with Gasteiger partial charge in [-0.1, -0.05) is 0 Å². The lowest BCUT2D eigenvalue weighted by atomic mass is 10.2. The Balaban J connectivity index is 1.96. The molecule has 2 amide bonds. The molecule has 1 unspecified atom stereocenters. The minimum atomic E-state index is -0.951. The lowest BCUT2D eigenvalue weighted by Crippen LogP contribution is -2.59. The Morgan fingerprint density at radius 1 is 1.40 bits per heavy atom. The molecule has 15 heavy (non-hydrogen) atoms. The molecule has 0 aromatic carbocycles. The van der Waals surface area contributed by atoms with Crippen LogP contribution in [-0.4, -0.2) is 53.7 Å². The summed E-state index contributed by atoms with van der Waals surface area (Å²) in [6.07, 6.45) is 2.02. The zero-order chi connectivity index (χ0) is 10.8. The van der Waals surface area contributed by atoms with Crippen LogP contribution in [0.25, 0.3) is 0 Å². The lowest BCUT2D eigenvalue weighted by molar-refractivity contribution is -0.142. The van der Waals surface area contributed by atoms with Crippen LogP contribution in [-0.2, 0) is 4.79 Å². The topological polar surface area (TPSA) is 81.7 Å². The first-order chi connectivity index (χ1) is 7.18. The monoisotopic (exact) mass is 213 g/mol. The number of hydrogen-bond donors (Lipinski definition) is 3. The van der Waals surface area contributed by atoms with Gasteiger partial charge in [-0.3, -0.25) is 0 Å². The van der Waals surface area contributed by atoms with Gasteiger partial charge in [-0.25, -0.2) is 9.59 Å². The van der Waals surface area contributed by atoms with Gasteiger partial charge in [-0.2, -0.15) is 0 Å². The van der Waals surface area contributed by atoms with E-state index in [9.17, 15) is 9.59 Å². The summed E-state index contributed by atoms with van der Waals surface area (Å²) in [5, 5.41) is 14.7. The van der Waals surface area contributed by atoms with Crippen molar-refractivity contribution >= 4 is 12.0 Å². The van der Waals surface area contributed by atoms with Crippen LogP contribution < -0.4 is 10.6 Å². The van der Waals surface area contributed by atoms with Crippen LogP contribution in [0.5, 0.6) is 0 Å². The molecule has 0 spiro atoms. The van der Waals surface area contributed by atoms with Crippen molar-refractivity contribution in [2.24, 2.45) is 0 Å². The van der Waals surface area contributed by atoms with Gasteiger partial charge in [-0.15, -0.1) is 0 Å². The van der Waals surface area contributed by atoms with Crippen molar-refractivity contribution in [2.45, 2.75) is 24.9 Å². The molecule has 1 saturated carbocycles. The summed E-state index contributed by atoms with van der Waals surface area (Å²) in [5.74, 6) is -0.951. The van der Waals surface area contributed by atoms with Crippen molar-refractivity contribution in [2.75, 3.05) is 19.6 Å². The number of nitrogens with zero attached hydrogens (tertiary/aromatic N) is 1. The van der Waals surface area contributed by atoms with E-state index in [4.69, 9.17) is 5.11 Å². The average molecular weight is 213 g/mol. The number of carboxylic acid groups (broad SMARTS) is 1. The Morgan fingerprint density at radius 3 is 2.73 bits per heavy atom. The molecule has 6 heteroatoms. The fraction of sp³-hybridized carbons (Fsp3) is 0.778. The molecule has 1 saturated heterocycles. The van der Waals surface area contributed by atoms with Crippen LogP contribution in [0.3, 0.4) is 0 Å². The first-order valence-corrected chi connectivity index (χ1v) is 5.19. The third-order valence-electron chi connectivity index (χ3n) is 2.69. The molecule has 0 bridgehead atoms. The summed E-state index contributed by atoms with van der Waals surface area (Å²) in [4.78, 5) is 24.0. The van der Waals surface area contributed by atoms with Crippen LogP contribution in [0.4, 0.5) is 4.79 Å². The van der Waals surface area contributed by atoms with Crippen LogP contribution >= 0.6 is 0 Å². The lowest BCUT2D eigenvalue weighted by Gasteiger charge is -2.33. The summed E-state index contributed by atoms with van der Waals surface area (Å²) in [7, 11) is 0. The Bertz CT molecular complexity index is 278. The predicted molar refractivity (Wildman–Crippen MR) is 52.6 cm³/mol. The fourth-order valence-electron chi connectivity index (χ4n) is 1.65. The molecular formula is C9H15N3O3. The van der Waals surface area contributed by atoms with Gasteiger partial charge >= 0.3 is 12.0 Å². The molecule has 1 atom stereocenters. The molecule has 0 aromatic rings. The number of piperazine rings is 1. The summed E-state index contributed by atoms with van der Waals surface area (Å²) in [5.41, 5.74) is 0. The second-order valence-corrected chi connectivity index (χ2v) is 3.98. The highest BCUT2D eigenvalue weighted by molar-refractivity contribution is 5.83. The van der Waals surface area contributed by atoms with Gasteiger partial charge in [-0.05, 0) is 12.8 Å². The molecule has 6 nitrogen and oxygen atoms in total. The number of nitrogens with one attached hydrogen (secondary N) is 2. The number of carboxylic acids is 1. The predicted octanol–water partition coefficient (Wildman–Crippen LogP) is -0.783. The number of rotatable bonds is 2. The van der Waals surface area contributed by atoms with E-state index in [1.165, 1.54) is 4.90 Å². The molecule has 1 aliphatic heterocycles. The summed E-state index contributed by atoms with van der Waals surface area (Å²) < 4.78 is 0. The van der Waals surface area contributed by atoms with Gasteiger partial charge in [0.2, 0.25) is 0 Å². The Morgan fingerprint density at radius 2 is 2.13 bits per heavy atom. The normalized spacial score (nSPS) is 26.1. The number of aliphatic carboxylic acids is 1. The summed E-state index contributed by atoms with van der Waals surface area (Å²) in [6.45, 7) is 1.44. The van der Waals surface area contributed by atoms with Gasteiger partial charge < -0.3 is 20.6 Å². The number of hydrogen-bond acceptors (Lipinski definition) is 3. The zero-order valence-electron chi connectivity index (χ0n) is 8.40. The second-order valence-electron chi connectivity index (χ2n) is 3.98. The minimum Gasteiger partial charge on any atom is -0.480 e. The molecule has 2 aliphatic rings. The van der Waals surface area contributed by atoms with Gasteiger partial charge in [0.05, 0.1) is 0 Å². The number of urea groups is 1. The van der Waals surface area contributed by atoms with E-state index in [2.05, 4.69) is 10.6 Å². The summed E-state index contributed by atoms with van der Waals surface area (Å²) in [6, 6.07) is -0.717. The molecule has 3 N–H and O–H groups in total. The molecule has 2 fully saturated rings. The van der Waals surface area contributed by atoms with Gasteiger partial charge in [0, 0.05) is 25.7 Å². The highest BCUT2D eigenvalue weighted by Crippen LogP contribution is 2.19. The van der Waals surface area contributed by atoms with Crippen molar-refractivity contribution in [1.29, 1.82) is 0 Å². The SMILES string of the molecule is O=C(O)C1CNCCN1C(=O)NC1CC1. The smallest absolute Gasteiger partial charge is 0.327 e. The first-order valence-electron chi connectivity index (χ1n) is 5.19. The number of amides is 2. The quantitative estimate of drug-likeness (QED) is 0.562. The van der Waals surface area contributed by atoms with Gasteiger partial charge in [0.1, 0.15) is 6.04 Å². The first kappa shape index (κ1) is 10.2. The molecule has 1 aliphatic carbocycles. The summed E-state index contributed by atoms with van der Waals surface area (Å²) >= 11 is 0. The van der Waals surface area contributed by atoms with Crippen molar-refractivity contribution in [3.8, 4) is 0 Å². The third kappa shape index (κ3) is 2.38. The Hall–Kier alpha value is -1.30. The van der Waals surface area contributed by atoms with E-state index in [1.807, 2.05) is 0 Å². The average Bonchev–Trinajstić information content (AvgIpc) is 3.01. The van der Waals surface area contributed by atoms with Gasteiger partial charge in [0.15, 0.2) is 0 Å². The van der Waals surface area contributed by atoms with E-state index in [1.54, 1.807) is 0 Å². The maximum absolute atomic E-state index is 11.7. The maximum Gasteiger partial charge on any atom is 0.327 e. The standard InChI is InChI=1S/C9H15N3O3/c13-8(14)7-5-10-3-4-12(7)9(15)11-6-1-2-6/h6-7,10H,1-5H2,(H,11,15)(H,13,14). The van der Waals surface area contributed by atoms with E-state index < -0.39 is 12.0 Å². The van der Waals surface area contributed by atoms with E-state index in [0.29, 0.717) is 19.6 Å². The fourth-order valence-corrected chi connectivity index (χ4v) is 1.65. The van der Waals surface area contributed by atoms with Crippen molar-refractivity contribution in [1.82, 2.24) is 15.5 Å². The number of carbonyl (C=O) groups excluding carboxylic acids is 1. The van der Waals surface area contributed by atoms with Crippen LogP contribution in [0, 0.1) is 0 Å². The molecule has 84 valence electrons. The molecule has 1 heterocycles. The highest BCUT2D eigenvalue weighted by Gasteiger charge is 2.34. The maximum atomic E-state index is 11.7. The molecule has 2 rings (SSSR count). The van der Waals surface area contributed by atoms with Crippen LogP contribution in [0.1, 0.15) is 12.8 Å². The van der Waals surface area contributed by atoms with E-state index in [-0.39, 0.29) is 12.1 Å². The Labute approximate surface area is 87.6 Å². The van der Waals surface area contributed by atoms with Crippen LogP contribution in [0.2, 0.25) is 0 Å². The van der Waals surface area contributed by atoms with E-state index in [0.717, 1.165) is 12.8 Å². The minimum absolute atomic E-state index is 0.244. The van der Waals surface area contributed by atoms with Crippen molar-refractivity contribution in [3.05, 3.63) is 0 Å². The van der Waals surface area contributed by atoms with Crippen LogP contribution in [0.15, 0.2) is 0 Å². The van der Waals surface area contributed by atoms with Crippen molar-refractivity contribution < 1.29 is 14.7 Å². The molecule has 0 radical (unpaired) electrons. The molecule has 0 aromatic heterocycles. The molecular weight excluding hydrogens is 198 g/mol. The van der Waals surface area contributed by atoms with Gasteiger partial charge in [0.25, 0.3) is 0 Å². The Kier molecular flexibility index (Phi) is 2.77. The second kappa shape index (κ2) is 4.06. The third-order valence-corrected chi connectivity index (χ3v) is 2.69. The van der Waals surface area contributed by atoms with E-state index >= 15 is 0 Å². The largest absolute Gasteiger partial charge is 0.480 e. The zero-order valence-corrected chi connectivity index (χ0v) is 8.40.